The molecule has 6 aliphatic heterocycles. The molecule has 42 nitrogen and oxygen atoms in total. The number of anilines is 3. The summed E-state index contributed by atoms with van der Waals surface area (Å²) >= 11 is 0. The molecule has 0 spiro atoms. The molecule has 0 aliphatic carbocycles. The average Bonchev–Trinajstić information content (AvgIpc) is 1.60. The van der Waals surface area contributed by atoms with Crippen molar-refractivity contribution in [2.45, 2.75) is 133 Å². The third-order valence-electron chi connectivity index (χ3n) is 20.5. The van der Waals surface area contributed by atoms with E-state index in [0.29, 0.717) is 70.2 Å². The minimum absolute atomic E-state index is 0.0244. The first-order chi connectivity index (χ1) is 61.1. The molecule has 42 heteroatoms. The fourth-order valence-corrected chi connectivity index (χ4v) is 14.9. The van der Waals surface area contributed by atoms with Gasteiger partial charge in [0, 0.05) is 49.4 Å². The molecular weight excluding hydrogens is 1630 g/mol. The van der Waals surface area contributed by atoms with Crippen molar-refractivity contribution in [2.75, 3.05) is 55.4 Å². The SMILES string of the molecule is CCNC(=O)Nc1ncnc2c1ncn2C1OC(COCc2ncccc2C(=O)O)C2O[C@H](/C=C/c3ccccc3)OC21.CCNC(=O)Nc1ncnc2c1ncn2C1OC(COCc2ncccc2C(=O)O)C2O[C@H](c3ccccc3)OC21.CCNC(=O)Nc1ncnc2c1ncn2C1OC(COCc2ncccc2C(=O)O)C2O[C@H](c3ccccc3)OC21. The van der Waals surface area contributed by atoms with Crippen molar-refractivity contribution in [3.63, 3.8) is 0 Å². The van der Waals surface area contributed by atoms with Gasteiger partial charge in [-0.2, -0.15) is 0 Å². The van der Waals surface area contributed by atoms with E-state index in [0.717, 1.165) is 16.7 Å². The maximum absolute atomic E-state index is 12.1. The second-order valence-electron chi connectivity index (χ2n) is 28.5. The zero-order chi connectivity index (χ0) is 86.5. The van der Waals surface area contributed by atoms with Crippen LogP contribution in [-0.4, -0.2) is 226 Å². The van der Waals surface area contributed by atoms with E-state index < -0.39 is 128 Å². The van der Waals surface area contributed by atoms with Crippen LogP contribution < -0.4 is 31.9 Å². The van der Waals surface area contributed by atoms with Crippen molar-refractivity contribution in [2.24, 2.45) is 0 Å². The number of carbonyl (C=O) groups excluding carboxylic acids is 3. The van der Waals surface area contributed by atoms with E-state index in [1.165, 1.54) is 55.8 Å². The van der Waals surface area contributed by atoms with Gasteiger partial charge in [0.05, 0.1) is 92.4 Å². The summed E-state index contributed by atoms with van der Waals surface area (Å²) in [6.07, 6.45) is 8.05. The Balaban J connectivity index is 0.000000138. The number of urea groups is 3. The number of imidazole rings is 3. The molecule has 646 valence electrons. The zero-order valence-electron chi connectivity index (χ0n) is 66.9. The van der Waals surface area contributed by atoms with Crippen molar-refractivity contribution in [1.29, 1.82) is 0 Å². The van der Waals surface area contributed by atoms with Crippen molar-refractivity contribution in [3.8, 4) is 0 Å². The number of ether oxygens (including phenoxy) is 12. The fourth-order valence-electron chi connectivity index (χ4n) is 14.9. The molecule has 15 heterocycles. The molecule has 15 atom stereocenters. The number of rotatable bonds is 28. The quantitative estimate of drug-likeness (QED) is 0.0222. The molecule has 6 aliphatic rings. The number of carbonyl (C=O) groups is 6. The first-order valence-corrected chi connectivity index (χ1v) is 39.7. The van der Waals surface area contributed by atoms with Crippen LogP contribution in [0.3, 0.4) is 0 Å². The monoisotopic (exact) mass is 1710 g/mol. The summed E-state index contributed by atoms with van der Waals surface area (Å²) in [5.41, 5.74) is 6.27. The van der Waals surface area contributed by atoms with Gasteiger partial charge in [0.1, 0.15) is 73.9 Å². The van der Waals surface area contributed by atoms with Crippen molar-refractivity contribution < 1.29 is 101 Å². The smallest absolute Gasteiger partial charge is 0.337 e. The molecule has 0 radical (unpaired) electrons. The molecule has 18 rings (SSSR count). The third-order valence-corrected chi connectivity index (χ3v) is 20.5. The predicted octanol–water partition coefficient (Wildman–Crippen LogP) is 8.31. The van der Waals surface area contributed by atoms with Crippen LogP contribution in [0, 0.1) is 0 Å². The Bertz CT molecular complexity index is 5610. The molecule has 12 unspecified atom stereocenters. The van der Waals surface area contributed by atoms with Gasteiger partial charge in [-0.1, -0.05) is 97.1 Å². The Morgan fingerprint density at radius 3 is 1.04 bits per heavy atom. The Labute approximate surface area is 709 Å². The molecule has 0 saturated carbocycles. The summed E-state index contributed by atoms with van der Waals surface area (Å²) in [5.74, 6) is -2.49. The molecule has 12 aromatic rings. The Hall–Kier alpha value is -13.8. The van der Waals surface area contributed by atoms with Crippen LogP contribution >= 0.6 is 0 Å². The number of aromatic carboxylic acids is 3. The molecule has 9 N–H and O–H groups in total. The van der Waals surface area contributed by atoms with Gasteiger partial charge in [-0.15, -0.1) is 0 Å². The Morgan fingerprint density at radius 2 is 0.696 bits per heavy atom. The van der Waals surface area contributed by atoms with Crippen LogP contribution in [-0.2, 0) is 76.7 Å². The number of fused-ring (bicyclic) bond motifs is 6. The van der Waals surface area contributed by atoms with E-state index in [4.69, 9.17) is 56.8 Å². The van der Waals surface area contributed by atoms with Crippen LogP contribution in [0.1, 0.15) is 117 Å². The normalized spacial score (nSPS) is 23.3. The minimum atomic E-state index is -1.08. The van der Waals surface area contributed by atoms with Gasteiger partial charge in [0.2, 0.25) is 0 Å². The Kier molecular flexibility index (Phi) is 26.6. The first-order valence-electron chi connectivity index (χ1n) is 39.7. The molecule has 6 fully saturated rings. The molecule has 9 aromatic heterocycles. The highest BCUT2D eigenvalue weighted by molar-refractivity contribution is 5.98. The van der Waals surface area contributed by atoms with E-state index in [1.807, 2.05) is 124 Å². The molecule has 6 amide bonds. The van der Waals surface area contributed by atoms with Gasteiger partial charge >= 0.3 is 36.0 Å². The van der Waals surface area contributed by atoms with Gasteiger partial charge in [0.15, 0.2) is 88.5 Å². The second-order valence-corrected chi connectivity index (χ2v) is 28.5. The summed E-state index contributed by atoms with van der Waals surface area (Å²) in [5, 5.41) is 44.4. The number of benzene rings is 3. The minimum Gasteiger partial charge on any atom is -0.478 e. The lowest BCUT2D eigenvalue weighted by Gasteiger charge is -2.21. The van der Waals surface area contributed by atoms with Crippen LogP contribution in [0.25, 0.3) is 39.6 Å². The second kappa shape index (κ2) is 39.2. The fraction of sp³-hybridized carbons (Fsp3) is 0.325. The number of hydrogen-bond acceptors (Lipinski definition) is 30. The molecule has 125 heavy (non-hydrogen) atoms. The summed E-state index contributed by atoms with van der Waals surface area (Å²) in [4.78, 5) is 123. The highest BCUT2D eigenvalue weighted by atomic mass is 16.8. The molecule has 6 saturated heterocycles. The highest BCUT2D eigenvalue weighted by Gasteiger charge is 2.57. The summed E-state index contributed by atoms with van der Waals surface area (Å²) in [7, 11) is 0. The number of nitrogens with zero attached hydrogens (tertiary/aromatic N) is 15. The average molecular weight is 1710 g/mol. The number of carboxylic acids is 3. The van der Waals surface area contributed by atoms with E-state index in [-0.39, 0.29) is 73.8 Å². The molecule has 3 aromatic carbocycles. The highest BCUT2D eigenvalue weighted by Crippen LogP contribution is 2.48. The van der Waals surface area contributed by atoms with Crippen LogP contribution in [0.15, 0.2) is 190 Å². The van der Waals surface area contributed by atoms with Gasteiger partial charge in [-0.3, -0.25) is 44.6 Å². The van der Waals surface area contributed by atoms with Crippen molar-refractivity contribution >= 4 is 93.0 Å². The van der Waals surface area contributed by atoms with Crippen LogP contribution in [0.4, 0.5) is 31.8 Å². The van der Waals surface area contributed by atoms with E-state index in [2.05, 4.69) is 91.7 Å². The van der Waals surface area contributed by atoms with Crippen LogP contribution in [0.2, 0.25) is 0 Å². The Morgan fingerprint density at radius 1 is 0.376 bits per heavy atom. The van der Waals surface area contributed by atoms with E-state index in [9.17, 15) is 44.1 Å². The first kappa shape index (κ1) is 84.8. The summed E-state index contributed by atoms with van der Waals surface area (Å²) in [6, 6.07) is 36.8. The topological polar surface area (TPSA) is 516 Å². The molecule has 0 bridgehead atoms. The summed E-state index contributed by atoms with van der Waals surface area (Å²) in [6.45, 7) is 6.97. The van der Waals surface area contributed by atoms with Gasteiger partial charge in [0.25, 0.3) is 0 Å². The van der Waals surface area contributed by atoms with E-state index in [1.54, 1.807) is 50.9 Å². The number of aromatic nitrogens is 15. The molecular formula is C83H83N21O21. The number of nitrogens with one attached hydrogen (secondary N) is 6. The maximum atomic E-state index is 12.1. The van der Waals surface area contributed by atoms with Gasteiger partial charge in [-0.25, -0.2) is 73.6 Å². The van der Waals surface area contributed by atoms with E-state index >= 15 is 0 Å². The lowest BCUT2D eigenvalue weighted by Crippen LogP contribution is -2.32. The van der Waals surface area contributed by atoms with Gasteiger partial charge < -0.3 is 88.1 Å². The summed E-state index contributed by atoms with van der Waals surface area (Å²) < 4.78 is 80.0. The largest absolute Gasteiger partial charge is 0.478 e. The van der Waals surface area contributed by atoms with Gasteiger partial charge in [-0.05, 0) is 68.8 Å². The number of amides is 6. The maximum Gasteiger partial charge on any atom is 0.337 e. The number of hydrogen-bond donors (Lipinski definition) is 9. The predicted molar refractivity (Wildman–Crippen MR) is 435 cm³/mol. The third kappa shape index (κ3) is 19.1. The zero-order valence-corrected chi connectivity index (χ0v) is 66.9. The number of pyridine rings is 3. The number of carboxylic acid groups (broad SMARTS) is 3. The lowest BCUT2D eigenvalue weighted by atomic mass is 10.1. The van der Waals surface area contributed by atoms with Crippen molar-refractivity contribution in [3.05, 3.63) is 240 Å². The van der Waals surface area contributed by atoms with Crippen LogP contribution in [0.5, 0.6) is 0 Å². The van der Waals surface area contributed by atoms with Crippen molar-refractivity contribution in [1.82, 2.24) is 89.5 Å². The standard InChI is InChI=1S/C29H29N7O7.2C27H27N7O7/c1-2-30-29(39)35-25-22-26(33-15-32-25)36(16-34-22)27-24-23(42-21(43-24)11-10-17-7-4-3-5-8-17)20(41-27)14-40-13-19-18(28(37)38)9-6-12-31-19;2*1-2-28-27(37)33-22-19-23(31-13-30-22)34(14-32-19)24-21-20(40-26(41-21)15-7-4-3-5-8-15)18(39-24)12-38-11-17-16(25(35)36)9-6-10-29-17/h3-12,15-16,20-21,23-24,27H,2,13-14H2,1H3,(H,37,38)(H2,30,32,33,35,39);2*3-10,13-14,18,20-21,24,26H,2,11-12H2,1H3,(H,35,36)(H2,28,30,31,33,37)/b11-10+;;/t20?,21-,23?,24?,27?;2*18?,20?,21?,24?,26-/m000/s1. The lowest BCUT2D eigenvalue weighted by molar-refractivity contribution is -0.158.